The fourth-order valence-corrected chi connectivity index (χ4v) is 1.73. The van der Waals surface area contributed by atoms with Crippen LogP contribution in [-0.4, -0.2) is 23.7 Å². The summed E-state index contributed by atoms with van der Waals surface area (Å²) in [6.45, 7) is 7.50. The minimum absolute atomic E-state index is 0.317. The van der Waals surface area contributed by atoms with Crippen LogP contribution in [0.5, 0.6) is 5.88 Å². The molecule has 0 bridgehead atoms. The average molecular weight is 251 g/mol. The number of nitrogens with two attached hydrogens (primary N) is 1. The van der Waals surface area contributed by atoms with Crippen molar-refractivity contribution < 1.29 is 9.57 Å². The molecule has 0 atom stereocenters. The summed E-state index contributed by atoms with van der Waals surface area (Å²) in [4.78, 5) is 10.00. The molecule has 1 fully saturated rings. The van der Waals surface area contributed by atoms with Crippen LogP contribution in [0, 0.1) is 0 Å². The van der Waals surface area contributed by atoms with Gasteiger partial charge in [-0.3, -0.25) is 4.84 Å². The topological polar surface area (TPSA) is 60.6 Å². The van der Waals surface area contributed by atoms with Gasteiger partial charge in [0, 0.05) is 6.54 Å². The van der Waals surface area contributed by atoms with Crippen molar-refractivity contribution in [3.05, 3.63) is 12.1 Å². The highest BCUT2D eigenvalue weighted by Crippen LogP contribution is 2.27. The number of hydroxylamine groups is 1. The van der Waals surface area contributed by atoms with Crippen molar-refractivity contribution in [3.8, 4) is 5.88 Å². The van der Waals surface area contributed by atoms with Crippen LogP contribution < -0.4 is 15.5 Å². The summed E-state index contributed by atoms with van der Waals surface area (Å²) in [6, 6.07) is 3.66. The van der Waals surface area contributed by atoms with Crippen LogP contribution in [-0.2, 0) is 4.84 Å². The molecule has 0 aliphatic carbocycles. The molecule has 1 saturated heterocycles. The second-order valence-corrected chi connectivity index (χ2v) is 5.42. The minimum atomic E-state index is -0.317. The average Bonchev–Trinajstić information content (AvgIpc) is 2.31. The van der Waals surface area contributed by atoms with E-state index in [2.05, 4.69) is 4.98 Å². The first-order valence-corrected chi connectivity index (χ1v) is 6.32. The third-order valence-electron chi connectivity index (χ3n) is 2.54. The Hall–Kier alpha value is -1.49. The molecule has 2 N–H and O–H groups in total. The lowest BCUT2D eigenvalue weighted by atomic mass is 10.2. The van der Waals surface area contributed by atoms with E-state index in [0.717, 1.165) is 31.8 Å². The number of ether oxygens (including phenoxy) is 1. The number of hydrogen-bond acceptors (Lipinski definition) is 5. The lowest BCUT2D eigenvalue weighted by Crippen LogP contribution is -2.31. The molecule has 5 heteroatoms. The molecule has 2 rings (SSSR count). The Labute approximate surface area is 108 Å². The van der Waals surface area contributed by atoms with Crippen molar-refractivity contribution in [3.63, 3.8) is 0 Å². The van der Waals surface area contributed by atoms with Crippen molar-refractivity contribution >= 4 is 11.5 Å². The molecule has 18 heavy (non-hydrogen) atoms. The van der Waals surface area contributed by atoms with Gasteiger partial charge >= 0.3 is 0 Å². The van der Waals surface area contributed by atoms with Gasteiger partial charge in [0.25, 0.3) is 0 Å². The van der Waals surface area contributed by atoms with Crippen LogP contribution in [0.25, 0.3) is 0 Å². The molecule has 1 aliphatic rings. The minimum Gasteiger partial charge on any atom is -0.470 e. The van der Waals surface area contributed by atoms with Crippen LogP contribution in [0.1, 0.15) is 33.6 Å². The summed E-state index contributed by atoms with van der Waals surface area (Å²) in [5.74, 6) is 1.22. The van der Waals surface area contributed by atoms with Crippen molar-refractivity contribution in [2.45, 2.75) is 39.2 Å². The van der Waals surface area contributed by atoms with Crippen molar-refractivity contribution in [2.24, 2.45) is 0 Å². The molecular weight excluding hydrogens is 230 g/mol. The predicted molar refractivity (Wildman–Crippen MR) is 71.6 cm³/mol. The van der Waals surface area contributed by atoms with Crippen LogP contribution in [0.15, 0.2) is 12.1 Å². The molecule has 5 nitrogen and oxygen atoms in total. The number of aromatic nitrogens is 1. The number of rotatable bonds is 2. The lowest BCUT2D eigenvalue weighted by molar-refractivity contribution is 0.0748. The van der Waals surface area contributed by atoms with Gasteiger partial charge in [-0.15, -0.1) is 0 Å². The normalized spacial score (nSPS) is 16.7. The number of nitrogens with zero attached hydrogens (tertiary/aromatic N) is 2. The zero-order valence-electron chi connectivity index (χ0n) is 11.3. The van der Waals surface area contributed by atoms with E-state index in [1.54, 1.807) is 11.1 Å². The molecule has 1 aliphatic heterocycles. The van der Waals surface area contributed by atoms with Gasteiger partial charge in [-0.1, -0.05) is 0 Å². The predicted octanol–water partition coefficient (Wildman–Crippen LogP) is 2.37. The van der Waals surface area contributed by atoms with E-state index in [4.69, 9.17) is 15.3 Å². The number of hydrogen-bond donors (Lipinski definition) is 1. The maximum absolute atomic E-state index is 5.88. The molecule has 1 aromatic rings. The highest BCUT2D eigenvalue weighted by atomic mass is 16.7. The van der Waals surface area contributed by atoms with E-state index >= 15 is 0 Å². The van der Waals surface area contributed by atoms with Gasteiger partial charge in [0.15, 0.2) is 5.82 Å². The van der Waals surface area contributed by atoms with Crippen LogP contribution in [0.3, 0.4) is 0 Å². The quantitative estimate of drug-likeness (QED) is 0.874. The van der Waals surface area contributed by atoms with Crippen molar-refractivity contribution in [1.29, 1.82) is 0 Å². The molecule has 0 amide bonds. The van der Waals surface area contributed by atoms with Gasteiger partial charge in [0.2, 0.25) is 5.88 Å². The molecule has 0 radical (unpaired) electrons. The summed E-state index contributed by atoms with van der Waals surface area (Å²) < 4.78 is 5.75. The Balaban J connectivity index is 2.19. The monoisotopic (exact) mass is 251 g/mol. The summed E-state index contributed by atoms with van der Waals surface area (Å²) in [7, 11) is 0. The second-order valence-electron chi connectivity index (χ2n) is 5.42. The van der Waals surface area contributed by atoms with E-state index in [1.807, 2.05) is 26.8 Å². The maximum atomic E-state index is 5.88. The maximum Gasteiger partial charge on any atom is 0.239 e. The standard InChI is InChI=1S/C13H21N3O2/c1-13(2,3)18-12-10(14)6-7-11(15-12)16-8-4-5-9-17-16/h6-7H,4-5,8-9,14H2,1-3H3. The first kappa shape index (κ1) is 13.0. The molecular formula is C13H21N3O2. The SMILES string of the molecule is CC(C)(C)Oc1nc(N2CCCCO2)ccc1N. The summed E-state index contributed by atoms with van der Waals surface area (Å²) in [5.41, 5.74) is 6.11. The smallest absolute Gasteiger partial charge is 0.239 e. The molecule has 0 saturated carbocycles. The summed E-state index contributed by atoms with van der Waals surface area (Å²) in [5, 5.41) is 1.80. The summed E-state index contributed by atoms with van der Waals surface area (Å²) >= 11 is 0. The van der Waals surface area contributed by atoms with Gasteiger partial charge < -0.3 is 10.5 Å². The first-order chi connectivity index (χ1) is 8.46. The molecule has 100 valence electrons. The van der Waals surface area contributed by atoms with Crippen LogP contribution in [0.4, 0.5) is 11.5 Å². The van der Waals surface area contributed by atoms with E-state index < -0.39 is 0 Å². The highest BCUT2D eigenvalue weighted by molar-refractivity contribution is 5.54. The van der Waals surface area contributed by atoms with Crippen LogP contribution in [0.2, 0.25) is 0 Å². The Morgan fingerprint density at radius 3 is 2.72 bits per heavy atom. The van der Waals surface area contributed by atoms with E-state index in [1.165, 1.54) is 0 Å². The van der Waals surface area contributed by atoms with Gasteiger partial charge in [-0.2, -0.15) is 4.98 Å². The Kier molecular flexibility index (Phi) is 3.61. The third kappa shape index (κ3) is 3.26. The number of nitrogen functional groups attached to an aromatic ring is 1. The van der Waals surface area contributed by atoms with Crippen molar-refractivity contribution in [2.75, 3.05) is 23.9 Å². The van der Waals surface area contributed by atoms with Gasteiger partial charge in [0.1, 0.15) is 5.60 Å². The molecule has 0 unspecified atom stereocenters. The lowest BCUT2D eigenvalue weighted by Gasteiger charge is -2.28. The Morgan fingerprint density at radius 2 is 2.11 bits per heavy atom. The van der Waals surface area contributed by atoms with E-state index in [9.17, 15) is 0 Å². The number of pyridine rings is 1. The Bertz CT molecular complexity index is 409. The molecule has 2 heterocycles. The molecule has 1 aromatic heterocycles. The molecule has 0 spiro atoms. The van der Waals surface area contributed by atoms with Gasteiger partial charge in [0.05, 0.1) is 12.3 Å². The Morgan fingerprint density at radius 1 is 1.33 bits per heavy atom. The van der Waals surface area contributed by atoms with Crippen molar-refractivity contribution in [1.82, 2.24) is 4.98 Å². The van der Waals surface area contributed by atoms with Gasteiger partial charge in [-0.25, -0.2) is 5.06 Å². The third-order valence-corrected chi connectivity index (χ3v) is 2.54. The zero-order valence-corrected chi connectivity index (χ0v) is 11.3. The fourth-order valence-electron chi connectivity index (χ4n) is 1.73. The fraction of sp³-hybridized carbons (Fsp3) is 0.615. The van der Waals surface area contributed by atoms with Gasteiger partial charge in [-0.05, 0) is 45.7 Å². The van der Waals surface area contributed by atoms with E-state index in [0.29, 0.717) is 11.6 Å². The summed E-state index contributed by atoms with van der Waals surface area (Å²) in [6.07, 6.45) is 2.21. The highest BCUT2D eigenvalue weighted by Gasteiger charge is 2.18. The number of anilines is 2. The van der Waals surface area contributed by atoms with Crippen LogP contribution >= 0.6 is 0 Å². The second kappa shape index (κ2) is 5.02. The molecule has 0 aromatic carbocycles. The zero-order chi connectivity index (χ0) is 13.2. The largest absolute Gasteiger partial charge is 0.470 e. The van der Waals surface area contributed by atoms with E-state index in [-0.39, 0.29) is 5.60 Å². The first-order valence-electron chi connectivity index (χ1n) is 6.32.